The highest BCUT2D eigenvalue weighted by atomic mass is 79.9. The molecule has 0 saturated heterocycles. The molecule has 20 heavy (non-hydrogen) atoms. The zero-order chi connectivity index (χ0) is 15.0. The molecule has 0 saturated carbocycles. The van der Waals surface area contributed by atoms with Gasteiger partial charge < -0.3 is 0 Å². The lowest BCUT2D eigenvalue weighted by atomic mass is 10.0. The lowest BCUT2D eigenvalue weighted by Gasteiger charge is -2.12. The predicted octanol–water partition coefficient (Wildman–Crippen LogP) is 7.30. The standard InChI is InChI=1S/C16H22Br2F2/c1-2-3-4-5-6-7-8-9-13(17)12-10-16(20)14(18)11-15(12)19/h10-11,13H,2-9H2,1H3. The fraction of sp³-hybridized carbons (Fsp3) is 0.625. The van der Waals surface area contributed by atoms with E-state index in [0.717, 1.165) is 19.3 Å². The molecule has 0 fully saturated rings. The van der Waals surface area contributed by atoms with Crippen LogP contribution in [0.15, 0.2) is 16.6 Å². The first-order chi connectivity index (χ1) is 9.56. The molecule has 114 valence electrons. The fourth-order valence-corrected chi connectivity index (χ4v) is 3.20. The van der Waals surface area contributed by atoms with Gasteiger partial charge in [0.1, 0.15) is 11.6 Å². The zero-order valence-electron chi connectivity index (χ0n) is 11.9. The van der Waals surface area contributed by atoms with Crippen molar-refractivity contribution in [1.82, 2.24) is 0 Å². The molecule has 1 unspecified atom stereocenters. The first-order valence-corrected chi connectivity index (χ1v) is 9.05. The molecule has 4 heteroatoms. The van der Waals surface area contributed by atoms with Gasteiger partial charge in [-0.2, -0.15) is 0 Å². The van der Waals surface area contributed by atoms with E-state index >= 15 is 0 Å². The molecule has 1 rings (SSSR count). The largest absolute Gasteiger partial charge is 0.207 e. The van der Waals surface area contributed by atoms with E-state index in [1.165, 1.54) is 44.2 Å². The van der Waals surface area contributed by atoms with Crippen LogP contribution in [0, 0.1) is 11.6 Å². The Balaban J connectivity index is 2.32. The topological polar surface area (TPSA) is 0 Å². The Morgan fingerprint density at radius 2 is 1.55 bits per heavy atom. The Hall–Kier alpha value is 0.0400. The maximum atomic E-state index is 13.8. The number of unbranched alkanes of at least 4 members (excludes halogenated alkanes) is 6. The minimum atomic E-state index is -0.412. The van der Waals surface area contributed by atoms with Crippen LogP contribution in [0.25, 0.3) is 0 Å². The normalized spacial score (nSPS) is 12.7. The Kier molecular flexibility index (Phi) is 8.94. The summed E-state index contributed by atoms with van der Waals surface area (Å²) in [5.41, 5.74) is 0.414. The quantitative estimate of drug-likeness (QED) is 0.227. The van der Waals surface area contributed by atoms with Crippen molar-refractivity contribution in [2.45, 2.75) is 63.1 Å². The summed E-state index contributed by atoms with van der Waals surface area (Å²) in [4.78, 5) is -0.110. The van der Waals surface area contributed by atoms with Crippen LogP contribution in [0.4, 0.5) is 8.78 Å². The second-order valence-corrected chi connectivity index (χ2v) is 7.13. The third kappa shape index (κ3) is 6.21. The number of rotatable bonds is 9. The number of hydrogen-bond acceptors (Lipinski definition) is 0. The number of halogens is 4. The van der Waals surface area contributed by atoms with Gasteiger partial charge in [-0.15, -0.1) is 0 Å². The molecule has 1 atom stereocenters. The van der Waals surface area contributed by atoms with E-state index in [2.05, 4.69) is 38.8 Å². The molecule has 0 bridgehead atoms. The van der Waals surface area contributed by atoms with Crippen molar-refractivity contribution in [3.63, 3.8) is 0 Å². The Bertz CT molecular complexity index is 408. The molecule has 0 aliphatic rings. The lowest BCUT2D eigenvalue weighted by molar-refractivity contribution is 0.554. The van der Waals surface area contributed by atoms with E-state index in [4.69, 9.17) is 0 Å². The highest BCUT2D eigenvalue weighted by Crippen LogP contribution is 2.33. The highest BCUT2D eigenvalue weighted by Gasteiger charge is 2.15. The van der Waals surface area contributed by atoms with Gasteiger partial charge in [0.25, 0.3) is 0 Å². The summed E-state index contributed by atoms with van der Waals surface area (Å²) in [7, 11) is 0. The van der Waals surface area contributed by atoms with Crippen molar-refractivity contribution in [2.24, 2.45) is 0 Å². The van der Waals surface area contributed by atoms with Gasteiger partial charge in [-0.25, -0.2) is 8.78 Å². The first kappa shape index (κ1) is 18.1. The molecule has 0 nitrogen and oxygen atoms in total. The van der Waals surface area contributed by atoms with Gasteiger partial charge in [-0.3, -0.25) is 0 Å². The van der Waals surface area contributed by atoms with Gasteiger partial charge in [0.2, 0.25) is 0 Å². The van der Waals surface area contributed by atoms with Gasteiger partial charge in [-0.05, 0) is 34.5 Å². The van der Waals surface area contributed by atoms with Gasteiger partial charge in [0.15, 0.2) is 0 Å². The maximum Gasteiger partial charge on any atom is 0.137 e. The molecule has 1 aromatic carbocycles. The van der Waals surface area contributed by atoms with E-state index in [1.54, 1.807) is 0 Å². The van der Waals surface area contributed by atoms with Gasteiger partial charge in [0, 0.05) is 10.4 Å². The third-order valence-electron chi connectivity index (χ3n) is 3.44. The number of benzene rings is 1. The second-order valence-electron chi connectivity index (χ2n) is 5.17. The predicted molar refractivity (Wildman–Crippen MR) is 88.3 cm³/mol. The average Bonchev–Trinajstić information content (AvgIpc) is 2.41. The van der Waals surface area contributed by atoms with E-state index in [1.807, 2.05) is 0 Å². The van der Waals surface area contributed by atoms with E-state index in [9.17, 15) is 8.78 Å². The summed E-state index contributed by atoms with van der Waals surface area (Å²) >= 11 is 6.46. The van der Waals surface area contributed by atoms with E-state index < -0.39 is 5.82 Å². The minimum absolute atomic E-state index is 0.110. The van der Waals surface area contributed by atoms with Crippen molar-refractivity contribution in [3.8, 4) is 0 Å². The average molecular weight is 412 g/mol. The van der Waals surface area contributed by atoms with Crippen LogP contribution in [0.2, 0.25) is 0 Å². The molecule has 0 aromatic heterocycles. The monoisotopic (exact) mass is 410 g/mol. The van der Waals surface area contributed by atoms with Crippen molar-refractivity contribution in [3.05, 3.63) is 33.8 Å². The molecule has 0 amide bonds. The highest BCUT2D eigenvalue weighted by molar-refractivity contribution is 9.10. The van der Waals surface area contributed by atoms with Crippen LogP contribution in [-0.4, -0.2) is 0 Å². The molecule has 0 aliphatic carbocycles. The van der Waals surface area contributed by atoms with Crippen LogP contribution >= 0.6 is 31.9 Å². The van der Waals surface area contributed by atoms with Crippen molar-refractivity contribution in [1.29, 1.82) is 0 Å². The molecule has 0 aliphatic heterocycles. The van der Waals surface area contributed by atoms with Crippen LogP contribution < -0.4 is 0 Å². The minimum Gasteiger partial charge on any atom is -0.207 e. The number of alkyl halides is 1. The molecule has 0 spiro atoms. The first-order valence-electron chi connectivity index (χ1n) is 7.34. The van der Waals surface area contributed by atoms with Gasteiger partial charge in [0.05, 0.1) is 4.47 Å². The Labute approximate surface area is 137 Å². The molecular formula is C16H22Br2F2. The summed E-state index contributed by atoms with van der Waals surface area (Å²) in [5, 5.41) is 0. The zero-order valence-corrected chi connectivity index (χ0v) is 15.1. The van der Waals surface area contributed by atoms with Crippen LogP contribution in [0.3, 0.4) is 0 Å². The summed E-state index contributed by atoms with van der Waals surface area (Å²) in [6.07, 6.45) is 9.43. The lowest BCUT2D eigenvalue weighted by Crippen LogP contribution is -1.97. The summed E-state index contributed by atoms with van der Waals surface area (Å²) < 4.78 is 27.4. The smallest absolute Gasteiger partial charge is 0.137 e. The summed E-state index contributed by atoms with van der Waals surface area (Å²) in [6, 6.07) is 2.48. The number of hydrogen-bond donors (Lipinski definition) is 0. The SMILES string of the molecule is CCCCCCCCCC(Br)c1cc(F)c(Br)cc1F. The van der Waals surface area contributed by atoms with Gasteiger partial charge in [-0.1, -0.05) is 67.8 Å². The Morgan fingerprint density at radius 3 is 2.20 bits per heavy atom. The second kappa shape index (κ2) is 9.88. The summed E-state index contributed by atoms with van der Waals surface area (Å²) in [6.45, 7) is 2.21. The molecule has 0 heterocycles. The van der Waals surface area contributed by atoms with Crippen LogP contribution in [-0.2, 0) is 0 Å². The molecule has 0 N–H and O–H groups in total. The molecular weight excluding hydrogens is 390 g/mol. The maximum absolute atomic E-state index is 13.8. The van der Waals surface area contributed by atoms with Crippen LogP contribution in [0.5, 0.6) is 0 Å². The van der Waals surface area contributed by atoms with Crippen molar-refractivity contribution < 1.29 is 8.78 Å². The van der Waals surface area contributed by atoms with Crippen molar-refractivity contribution in [2.75, 3.05) is 0 Å². The van der Waals surface area contributed by atoms with Crippen molar-refractivity contribution >= 4 is 31.9 Å². The molecule has 1 aromatic rings. The van der Waals surface area contributed by atoms with Gasteiger partial charge >= 0.3 is 0 Å². The van der Waals surface area contributed by atoms with E-state index in [0.29, 0.717) is 5.56 Å². The summed E-state index contributed by atoms with van der Waals surface area (Å²) in [5.74, 6) is -0.770. The third-order valence-corrected chi connectivity index (χ3v) is 5.00. The fourth-order valence-electron chi connectivity index (χ4n) is 2.21. The molecule has 0 radical (unpaired) electrons. The Morgan fingerprint density at radius 1 is 0.950 bits per heavy atom. The van der Waals surface area contributed by atoms with Crippen LogP contribution in [0.1, 0.15) is 68.7 Å². The van der Waals surface area contributed by atoms with E-state index in [-0.39, 0.29) is 15.1 Å².